The van der Waals surface area contributed by atoms with Crippen LogP contribution in [0.4, 0.5) is 0 Å². The largest absolute Gasteiger partial charge is 0.455 e. The van der Waals surface area contributed by atoms with Gasteiger partial charge in [0.15, 0.2) is 0 Å². The van der Waals surface area contributed by atoms with Crippen LogP contribution >= 0.6 is 11.3 Å². The monoisotopic (exact) mass is 706 g/mol. The van der Waals surface area contributed by atoms with Crippen LogP contribution in [0.2, 0.25) is 0 Å². The summed E-state index contributed by atoms with van der Waals surface area (Å²) in [5.41, 5.74) is 10.1. The molecule has 0 bridgehead atoms. The Labute approximate surface area is 317 Å². The molecule has 10 aromatic rings. The summed E-state index contributed by atoms with van der Waals surface area (Å²) in [6, 6.07) is 63.7. The molecule has 2 heteroatoms. The van der Waals surface area contributed by atoms with E-state index in [0.29, 0.717) is 0 Å². The Kier molecular flexibility index (Phi) is 7.90. The fraction of sp³-hybridized carbons (Fsp3) is 0. The number of hydrogen-bond donors (Lipinski definition) is 0. The molecule has 10 rings (SSSR count). The SMILES string of the molecule is C=C/C=C\c1cccc(-c2ccccccc(-c3cccc(-c4ccc5sc6cc7c(ccc8c9ccccc9oc78)cc6c5c4)c3)c3ccccc23)c1. The Morgan fingerprint density at radius 2 is 1.09 bits per heavy atom. The van der Waals surface area contributed by atoms with Gasteiger partial charge in [0.2, 0.25) is 0 Å². The van der Waals surface area contributed by atoms with Gasteiger partial charge in [-0.05, 0) is 104 Å². The summed E-state index contributed by atoms with van der Waals surface area (Å²) in [5.74, 6) is 0. The van der Waals surface area contributed by atoms with E-state index in [1.807, 2.05) is 29.6 Å². The van der Waals surface area contributed by atoms with Crippen LogP contribution in [0.15, 0.2) is 199 Å². The predicted octanol–water partition coefficient (Wildman–Crippen LogP) is 15.6. The molecule has 8 aromatic carbocycles. The molecule has 0 spiro atoms. The van der Waals surface area contributed by atoms with Crippen LogP contribution in [0.3, 0.4) is 0 Å². The third-order valence-electron chi connectivity index (χ3n) is 10.4. The molecule has 0 fully saturated rings. The van der Waals surface area contributed by atoms with Crippen LogP contribution in [0, 0.1) is 0 Å². The molecule has 0 amide bonds. The zero-order valence-corrected chi connectivity index (χ0v) is 30.3. The van der Waals surface area contributed by atoms with Crippen molar-refractivity contribution in [3.8, 4) is 33.4 Å². The second-order valence-electron chi connectivity index (χ2n) is 13.7. The molecule has 254 valence electrons. The molecule has 0 aliphatic heterocycles. The van der Waals surface area contributed by atoms with E-state index >= 15 is 0 Å². The van der Waals surface area contributed by atoms with Crippen molar-refractivity contribution in [1.82, 2.24) is 0 Å². The third-order valence-corrected chi connectivity index (χ3v) is 11.6. The topological polar surface area (TPSA) is 13.1 Å². The molecule has 0 aliphatic carbocycles. The first-order valence-corrected chi connectivity index (χ1v) is 19.1. The van der Waals surface area contributed by atoms with Crippen LogP contribution in [0.5, 0.6) is 0 Å². The second-order valence-corrected chi connectivity index (χ2v) is 14.8. The second kappa shape index (κ2) is 13.3. The summed E-state index contributed by atoms with van der Waals surface area (Å²) in [5, 5.41) is 9.63. The fourth-order valence-corrected chi connectivity index (χ4v) is 8.99. The summed E-state index contributed by atoms with van der Waals surface area (Å²) in [7, 11) is 0. The van der Waals surface area contributed by atoms with Crippen molar-refractivity contribution >= 4 is 81.1 Å². The minimum atomic E-state index is 0.931. The molecule has 2 aromatic heterocycles. The number of furan rings is 1. The molecule has 54 heavy (non-hydrogen) atoms. The highest BCUT2D eigenvalue weighted by Gasteiger charge is 2.14. The quantitative estimate of drug-likeness (QED) is 0.162. The van der Waals surface area contributed by atoms with Gasteiger partial charge in [0, 0.05) is 36.3 Å². The number of allylic oxidation sites excluding steroid dienone is 2. The summed E-state index contributed by atoms with van der Waals surface area (Å²) < 4.78 is 8.96. The fourth-order valence-electron chi connectivity index (χ4n) is 7.88. The number of hydrogen-bond acceptors (Lipinski definition) is 2. The predicted molar refractivity (Wildman–Crippen MR) is 235 cm³/mol. The average Bonchev–Trinajstić information content (AvgIpc) is 3.78. The van der Waals surface area contributed by atoms with Crippen molar-refractivity contribution in [3.63, 3.8) is 0 Å². The Balaban J connectivity index is 1.11. The highest BCUT2D eigenvalue weighted by Crippen LogP contribution is 2.42. The van der Waals surface area contributed by atoms with E-state index < -0.39 is 0 Å². The van der Waals surface area contributed by atoms with Crippen molar-refractivity contribution < 1.29 is 4.42 Å². The van der Waals surface area contributed by atoms with Gasteiger partial charge in [-0.25, -0.2) is 0 Å². The average molecular weight is 707 g/mol. The van der Waals surface area contributed by atoms with Crippen molar-refractivity contribution in [2.75, 3.05) is 0 Å². The summed E-state index contributed by atoms with van der Waals surface area (Å²) in [6.45, 7) is 3.85. The standard InChI is InChI=1S/C52H34OS/c1-2-3-14-34-15-12-17-37(29-34)40-19-6-4-5-7-20-41(43-22-9-8-21-42(40)43)38-18-13-16-35(30-38)36-26-28-50-47(31-36)48-32-39-25-27-45-44-23-10-11-24-49(44)53-52(45)46(39)33-51(48)54-50/h2-33H,1H2/b5-4?,6-4?,7-5?,14-3-,19-6?,20-7?,40-19?,41-20?,42-40?,43-41?. The molecule has 0 atom stereocenters. The Morgan fingerprint density at radius 1 is 0.426 bits per heavy atom. The zero-order valence-electron chi connectivity index (χ0n) is 29.5. The zero-order chi connectivity index (χ0) is 36.0. The van der Waals surface area contributed by atoms with Crippen LogP contribution in [0.25, 0.3) is 103 Å². The molecule has 0 N–H and O–H groups in total. The number of fused-ring (bicyclic) bond motifs is 9. The van der Waals surface area contributed by atoms with Gasteiger partial charge in [-0.1, -0.05) is 152 Å². The van der Waals surface area contributed by atoms with Crippen molar-refractivity contribution in [2.24, 2.45) is 0 Å². The molecule has 0 saturated heterocycles. The Hall–Kier alpha value is -6.74. The minimum absolute atomic E-state index is 0.931. The lowest BCUT2D eigenvalue weighted by molar-refractivity contribution is 0.673. The van der Waals surface area contributed by atoms with Gasteiger partial charge in [0.1, 0.15) is 11.2 Å². The Morgan fingerprint density at radius 3 is 1.89 bits per heavy atom. The molecule has 1 nitrogen and oxygen atoms in total. The first-order chi connectivity index (χ1) is 26.7. The van der Waals surface area contributed by atoms with Crippen molar-refractivity contribution in [3.05, 3.63) is 200 Å². The Bertz CT molecular complexity index is 3190. The normalized spacial score (nSPS) is 11.7. The molecule has 0 radical (unpaired) electrons. The van der Waals surface area contributed by atoms with Gasteiger partial charge >= 0.3 is 0 Å². The van der Waals surface area contributed by atoms with Gasteiger partial charge in [0.05, 0.1) is 0 Å². The van der Waals surface area contributed by atoms with E-state index in [2.05, 4.69) is 183 Å². The summed E-state index contributed by atoms with van der Waals surface area (Å²) >= 11 is 1.85. The van der Waals surface area contributed by atoms with Crippen LogP contribution < -0.4 is 0 Å². The maximum atomic E-state index is 6.41. The number of thiophene rings is 1. The highest BCUT2D eigenvalue weighted by molar-refractivity contribution is 7.25. The van der Waals surface area contributed by atoms with E-state index in [1.54, 1.807) is 0 Å². The van der Waals surface area contributed by atoms with Gasteiger partial charge in [-0.3, -0.25) is 0 Å². The summed E-state index contributed by atoms with van der Waals surface area (Å²) in [4.78, 5) is 0. The summed E-state index contributed by atoms with van der Waals surface area (Å²) in [6.07, 6.45) is 5.89. The lowest BCUT2D eigenvalue weighted by atomic mass is 9.93. The van der Waals surface area contributed by atoms with Crippen LogP contribution in [-0.4, -0.2) is 0 Å². The highest BCUT2D eigenvalue weighted by atomic mass is 32.1. The van der Waals surface area contributed by atoms with Gasteiger partial charge in [0.25, 0.3) is 0 Å². The maximum absolute atomic E-state index is 6.41. The molecular weight excluding hydrogens is 673 g/mol. The number of para-hydroxylation sites is 1. The molecular formula is C52H34OS. The lowest BCUT2D eigenvalue weighted by Gasteiger charge is -2.11. The maximum Gasteiger partial charge on any atom is 0.143 e. The van der Waals surface area contributed by atoms with Crippen LogP contribution in [0.1, 0.15) is 5.56 Å². The van der Waals surface area contributed by atoms with Crippen LogP contribution in [-0.2, 0) is 0 Å². The van der Waals surface area contributed by atoms with E-state index in [9.17, 15) is 0 Å². The molecule has 2 heterocycles. The van der Waals surface area contributed by atoms with E-state index in [4.69, 9.17) is 4.42 Å². The number of benzene rings is 7. The molecule has 0 saturated carbocycles. The van der Waals surface area contributed by atoms with Gasteiger partial charge < -0.3 is 4.42 Å². The van der Waals surface area contributed by atoms with Gasteiger partial charge in [-0.15, -0.1) is 11.3 Å². The first-order valence-electron chi connectivity index (χ1n) is 18.3. The molecule has 0 aliphatic rings. The van der Waals surface area contributed by atoms with Crippen molar-refractivity contribution in [2.45, 2.75) is 0 Å². The van der Waals surface area contributed by atoms with E-state index in [-0.39, 0.29) is 0 Å². The third kappa shape index (κ3) is 5.56. The smallest absolute Gasteiger partial charge is 0.143 e. The number of rotatable bonds is 5. The first kappa shape index (κ1) is 32.0. The minimum Gasteiger partial charge on any atom is -0.455 e. The lowest BCUT2D eigenvalue weighted by Crippen LogP contribution is -1.85. The van der Waals surface area contributed by atoms with E-state index in [1.165, 1.54) is 75.1 Å². The molecule has 0 unspecified atom stereocenters. The van der Waals surface area contributed by atoms with Gasteiger partial charge in [-0.2, -0.15) is 0 Å². The van der Waals surface area contributed by atoms with Crippen molar-refractivity contribution in [1.29, 1.82) is 0 Å². The van der Waals surface area contributed by atoms with E-state index in [0.717, 1.165) is 27.5 Å².